The van der Waals surface area contributed by atoms with Crippen LogP contribution in [0, 0.1) is 20.2 Å². The van der Waals surface area contributed by atoms with Crippen molar-refractivity contribution in [3.05, 3.63) is 81.0 Å². The highest BCUT2D eigenvalue weighted by Crippen LogP contribution is 2.38. The standard InChI is InChI=1S/C13H4Br3F2N3O4/c14-5-1-8(15)12(9(16)2-5)19-11-7(13(17)18)3-6(20(22)23)4-10(11)21(24)25/h1-4H. The lowest BCUT2D eigenvalue weighted by molar-refractivity contribution is -0.429. The van der Waals surface area contributed by atoms with Gasteiger partial charge in [0, 0.05) is 19.5 Å². The van der Waals surface area contributed by atoms with Crippen LogP contribution in [0.3, 0.4) is 0 Å². The van der Waals surface area contributed by atoms with Crippen molar-refractivity contribution in [1.82, 2.24) is 0 Å². The third kappa shape index (κ3) is 4.25. The van der Waals surface area contributed by atoms with Gasteiger partial charge in [0.25, 0.3) is 11.8 Å². The third-order valence-corrected chi connectivity index (χ3v) is 4.56. The van der Waals surface area contributed by atoms with Gasteiger partial charge in [-0.05, 0) is 44.0 Å². The molecule has 1 aliphatic carbocycles. The highest BCUT2D eigenvalue weighted by Gasteiger charge is 2.34. The molecule has 7 nitrogen and oxygen atoms in total. The lowest BCUT2D eigenvalue weighted by atomic mass is 10.0. The first kappa shape index (κ1) is 19.5. The van der Waals surface area contributed by atoms with Crippen molar-refractivity contribution in [2.45, 2.75) is 0 Å². The van der Waals surface area contributed by atoms with E-state index in [9.17, 15) is 29.0 Å². The second-order valence-electron chi connectivity index (χ2n) is 4.47. The summed E-state index contributed by atoms with van der Waals surface area (Å²) in [6, 6.07) is 3.13. The molecule has 130 valence electrons. The van der Waals surface area contributed by atoms with Crippen molar-refractivity contribution in [3.8, 4) is 0 Å². The molecule has 0 aliphatic heterocycles. The fraction of sp³-hybridized carbons (Fsp3) is 0. The second-order valence-corrected chi connectivity index (χ2v) is 7.09. The normalized spacial score (nSPS) is 15.7. The number of hydrogen-bond acceptors (Lipinski definition) is 5. The quantitative estimate of drug-likeness (QED) is 0.369. The molecular weight excluding hydrogens is 540 g/mol. The zero-order valence-electron chi connectivity index (χ0n) is 11.7. The van der Waals surface area contributed by atoms with E-state index < -0.39 is 38.6 Å². The fourth-order valence-corrected chi connectivity index (χ4v) is 4.30. The maximum atomic E-state index is 13.3. The summed E-state index contributed by atoms with van der Waals surface area (Å²) >= 11 is 9.60. The zero-order valence-corrected chi connectivity index (χ0v) is 16.4. The van der Waals surface area contributed by atoms with E-state index >= 15 is 0 Å². The van der Waals surface area contributed by atoms with E-state index in [1.54, 1.807) is 12.1 Å². The van der Waals surface area contributed by atoms with Gasteiger partial charge in [0.2, 0.25) is 0 Å². The van der Waals surface area contributed by atoms with Crippen molar-refractivity contribution in [3.63, 3.8) is 0 Å². The van der Waals surface area contributed by atoms with Gasteiger partial charge in [-0.15, -0.1) is 0 Å². The van der Waals surface area contributed by atoms with Crippen LogP contribution in [0.25, 0.3) is 0 Å². The number of nitrogens with zero attached hydrogens (tertiary/aromatic N) is 3. The molecule has 1 aliphatic rings. The van der Waals surface area contributed by atoms with Crippen LogP contribution in [-0.4, -0.2) is 15.6 Å². The van der Waals surface area contributed by atoms with Crippen LogP contribution >= 0.6 is 47.8 Å². The Balaban J connectivity index is 2.78. The lowest BCUT2D eigenvalue weighted by Crippen LogP contribution is -2.19. The zero-order chi connectivity index (χ0) is 18.9. The van der Waals surface area contributed by atoms with E-state index in [0.717, 1.165) is 0 Å². The molecule has 0 aromatic heterocycles. The number of nitro groups is 2. The molecule has 25 heavy (non-hydrogen) atoms. The maximum absolute atomic E-state index is 13.3. The monoisotopic (exact) mass is 541 g/mol. The van der Waals surface area contributed by atoms with Crippen LogP contribution < -0.4 is 0 Å². The van der Waals surface area contributed by atoms with E-state index in [4.69, 9.17) is 0 Å². The Hall–Kier alpha value is -1.79. The summed E-state index contributed by atoms with van der Waals surface area (Å²) in [4.78, 5) is 24.0. The Labute approximate surface area is 163 Å². The summed E-state index contributed by atoms with van der Waals surface area (Å²) in [5.41, 5.74) is -3.29. The van der Waals surface area contributed by atoms with Gasteiger partial charge in [0.1, 0.15) is 0 Å². The minimum atomic E-state index is -2.32. The number of aliphatic imine (C=N–C) groups is 1. The SMILES string of the molecule is O=[N+]([O-])C1=CC(=C(F)F)C(=Nc2c(Br)cc(Br)cc2Br)C([N+](=O)[O-])=C1. The Morgan fingerprint density at radius 2 is 1.56 bits per heavy atom. The average molecular weight is 544 g/mol. The van der Waals surface area contributed by atoms with E-state index in [-0.39, 0.29) is 5.69 Å². The fourth-order valence-electron chi connectivity index (χ4n) is 1.86. The molecule has 0 heterocycles. The second kappa shape index (κ2) is 7.62. The summed E-state index contributed by atoms with van der Waals surface area (Å²) in [5.74, 6) is 0. The summed E-state index contributed by atoms with van der Waals surface area (Å²) in [7, 11) is 0. The van der Waals surface area contributed by atoms with Gasteiger partial charge in [0.05, 0.1) is 27.2 Å². The predicted octanol–water partition coefficient (Wildman–Crippen LogP) is 5.53. The van der Waals surface area contributed by atoms with Crippen LogP contribution in [-0.2, 0) is 0 Å². The summed E-state index contributed by atoms with van der Waals surface area (Å²) in [6.45, 7) is 0. The molecule has 0 bridgehead atoms. The predicted molar refractivity (Wildman–Crippen MR) is 96.0 cm³/mol. The molecule has 0 saturated carbocycles. The average Bonchev–Trinajstić information content (AvgIpc) is 2.49. The molecule has 0 fully saturated rings. The van der Waals surface area contributed by atoms with Gasteiger partial charge < -0.3 is 0 Å². The van der Waals surface area contributed by atoms with Gasteiger partial charge in [-0.2, -0.15) is 8.78 Å². The number of allylic oxidation sites excluding steroid dienone is 3. The van der Waals surface area contributed by atoms with Crippen molar-refractivity contribution >= 4 is 59.2 Å². The van der Waals surface area contributed by atoms with E-state index in [1.165, 1.54) is 0 Å². The molecule has 0 radical (unpaired) electrons. The lowest BCUT2D eigenvalue weighted by Gasteiger charge is -2.11. The maximum Gasteiger partial charge on any atom is 0.302 e. The molecule has 1 aromatic carbocycles. The van der Waals surface area contributed by atoms with Crippen LogP contribution in [0.15, 0.2) is 65.7 Å². The molecule has 0 N–H and O–H groups in total. The molecule has 0 spiro atoms. The van der Waals surface area contributed by atoms with Gasteiger partial charge in [-0.3, -0.25) is 20.2 Å². The molecule has 0 amide bonds. The van der Waals surface area contributed by atoms with Crippen LogP contribution in [0.1, 0.15) is 0 Å². The van der Waals surface area contributed by atoms with E-state index in [2.05, 4.69) is 52.8 Å². The van der Waals surface area contributed by atoms with Crippen molar-refractivity contribution < 1.29 is 18.6 Å². The van der Waals surface area contributed by atoms with Crippen LogP contribution in [0.4, 0.5) is 14.5 Å². The first-order valence-electron chi connectivity index (χ1n) is 6.13. The Morgan fingerprint density at radius 1 is 1.00 bits per heavy atom. The smallest absolute Gasteiger partial charge is 0.258 e. The largest absolute Gasteiger partial charge is 0.302 e. The topological polar surface area (TPSA) is 98.6 Å². The first-order valence-corrected chi connectivity index (χ1v) is 8.51. The van der Waals surface area contributed by atoms with E-state index in [1.807, 2.05) is 0 Å². The number of hydrogen-bond donors (Lipinski definition) is 0. The third-order valence-electron chi connectivity index (χ3n) is 2.89. The highest BCUT2D eigenvalue weighted by atomic mass is 79.9. The van der Waals surface area contributed by atoms with Gasteiger partial charge in [0.15, 0.2) is 5.71 Å². The van der Waals surface area contributed by atoms with Crippen molar-refractivity contribution in [2.24, 2.45) is 4.99 Å². The summed E-state index contributed by atoms with van der Waals surface area (Å²) in [5, 5.41) is 22.1. The molecule has 0 unspecified atom stereocenters. The first-order chi connectivity index (χ1) is 11.6. The Morgan fingerprint density at radius 3 is 2.00 bits per heavy atom. The molecule has 2 rings (SSSR count). The van der Waals surface area contributed by atoms with E-state index in [0.29, 0.717) is 25.6 Å². The van der Waals surface area contributed by atoms with Crippen molar-refractivity contribution in [2.75, 3.05) is 0 Å². The van der Waals surface area contributed by atoms with Crippen molar-refractivity contribution in [1.29, 1.82) is 0 Å². The van der Waals surface area contributed by atoms with Crippen LogP contribution in [0.2, 0.25) is 0 Å². The Kier molecular flexibility index (Phi) is 5.95. The van der Waals surface area contributed by atoms with Gasteiger partial charge in [-0.25, -0.2) is 4.99 Å². The molecule has 1 aromatic rings. The Bertz CT molecular complexity index is 898. The molecular formula is C13H4Br3F2N3O4. The number of halogens is 5. The highest BCUT2D eigenvalue weighted by molar-refractivity contribution is 9.11. The van der Waals surface area contributed by atoms with Gasteiger partial charge in [-0.1, -0.05) is 15.9 Å². The van der Waals surface area contributed by atoms with Gasteiger partial charge >= 0.3 is 5.70 Å². The minimum absolute atomic E-state index is 0.114. The van der Waals surface area contributed by atoms with Crippen LogP contribution in [0.5, 0.6) is 0 Å². The molecule has 0 saturated heterocycles. The molecule has 0 atom stereocenters. The summed E-state index contributed by atoms with van der Waals surface area (Å²) in [6.07, 6.45) is -1.19. The molecule has 12 heteroatoms. The summed E-state index contributed by atoms with van der Waals surface area (Å²) < 4.78 is 27.9. The minimum Gasteiger partial charge on any atom is -0.258 e. The number of rotatable bonds is 3. The number of benzene rings is 1.